The quantitative estimate of drug-likeness (QED) is 0.687. The van der Waals surface area contributed by atoms with Crippen LogP contribution in [0.1, 0.15) is 69.1 Å². The molecule has 3 N–H and O–H groups in total. The summed E-state index contributed by atoms with van der Waals surface area (Å²) in [7, 11) is 0. The number of carbonyl (C=O) groups excluding carboxylic acids is 1. The fourth-order valence-corrected chi connectivity index (χ4v) is 2.38. The van der Waals surface area contributed by atoms with E-state index in [2.05, 4.69) is 24.3 Å². The number of anilines is 1. The van der Waals surface area contributed by atoms with Crippen LogP contribution >= 0.6 is 0 Å². The molecule has 0 aromatic carbocycles. The van der Waals surface area contributed by atoms with Crippen molar-refractivity contribution in [2.75, 3.05) is 12.3 Å². The number of hydrogen-bond acceptors (Lipinski definition) is 3. The SMILES string of the molecule is CCn1nc(C)c(N)c1C(=O)NCCCCCCC(C)C. The van der Waals surface area contributed by atoms with E-state index in [0.29, 0.717) is 24.5 Å². The highest BCUT2D eigenvalue weighted by Gasteiger charge is 2.18. The molecule has 0 saturated heterocycles. The first-order valence-corrected chi connectivity index (χ1v) is 8.08. The molecular weight excluding hydrogens is 264 g/mol. The van der Waals surface area contributed by atoms with E-state index in [1.165, 1.54) is 19.3 Å². The van der Waals surface area contributed by atoms with Gasteiger partial charge >= 0.3 is 0 Å². The second-order valence-electron chi connectivity index (χ2n) is 6.02. The number of carbonyl (C=O) groups is 1. The molecule has 0 aliphatic heterocycles. The Morgan fingerprint density at radius 3 is 2.57 bits per heavy atom. The van der Waals surface area contributed by atoms with Crippen molar-refractivity contribution in [3.05, 3.63) is 11.4 Å². The second kappa shape index (κ2) is 8.70. The van der Waals surface area contributed by atoms with Gasteiger partial charge in [-0.2, -0.15) is 5.10 Å². The van der Waals surface area contributed by atoms with Crippen LogP contribution in [-0.2, 0) is 6.54 Å². The summed E-state index contributed by atoms with van der Waals surface area (Å²) in [5.41, 5.74) is 7.64. The van der Waals surface area contributed by atoms with E-state index in [0.717, 1.165) is 24.5 Å². The van der Waals surface area contributed by atoms with Gasteiger partial charge in [0.1, 0.15) is 5.69 Å². The number of amides is 1. The number of unbranched alkanes of at least 4 members (excludes halogenated alkanes) is 3. The van der Waals surface area contributed by atoms with Gasteiger partial charge in [0.05, 0.1) is 11.4 Å². The minimum Gasteiger partial charge on any atom is -0.395 e. The molecule has 0 aliphatic carbocycles. The lowest BCUT2D eigenvalue weighted by Crippen LogP contribution is -2.27. The summed E-state index contributed by atoms with van der Waals surface area (Å²) in [5, 5.41) is 7.21. The van der Waals surface area contributed by atoms with Crippen molar-refractivity contribution in [1.29, 1.82) is 0 Å². The van der Waals surface area contributed by atoms with E-state index in [1.807, 2.05) is 13.8 Å². The van der Waals surface area contributed by atoms with Crippen LogP contribution in [0.3, 0.4) is 0 Å². The molecule has 0 radical (unpaired) electrons. The summed E-state index contributed by atoms with van der Waals surface area (Å²) in [6, 6.07) is 0. The van der Waals surface area contributed by atoms with Gasteiger partial charge in [0.25, 0.3) is 5.91 Å². The predicted octanol–water partition coefficient (Wildman–Crippen LogP) is 3.13. The van der Waals surface area contributed by atoms with E-state index in [-0.39, 0.29) is 5.91 Å². The van der Waals surface area contributed by atoms with Crippen molar-refractivity contribution in [3.8, 4) is 0 Å². The Morgan fingerprint density at radius 2 is 1.95 bits per heavy atom. The predicted molar refractivity (Wildman–Crippen MR) is 87.3 cm³/mol. The molecule has 5 nitrogen and oxygen atoms in total. The minimum atomic E-state index is -0.114. The molecular formula is C16H30N4O. The summed E-state index contributed by atoms with van der Waals surface area (Å²) in [4.78, 5) is 12.2. The van der Waals surface area contributed by atoms with Crippen LogP contribution in [0.25, 0.3) is 0 Å². The number of aryl methyl sites for hydroxylation is 2. The van der Waals surface area contributed by atoms with Crippen LogP contribution in [0.5, 0.6) is 0 Å². The number of nitrogen functional groups attached to an aromatic ring is 1. The zero-order valence-corrected chi connectivity index (χ0v) is 13.9. The summed E-state index contributed by atoms with van der Waals surface area (Å²) in [5.74, 6) is 0.669. The Morgan fingerprint density at radius 1 is 1.29 bits per heavy atom. The zero-order valence-electron chi connectivity index (χ0n) is 13.9. The number of rotatable bonds is 9. The molecule has 1 aromatic rings. The van der Waals surface area contributed by atoms with Gasteiger partial charge in [0.15, 0.2) is 0 Å². The third-order valence-electron chi connectivity index (χ3n) is 3.68. The van der Waals surface area contributed by atoms with Gasteiger partial charge in [-0.25, -0.2) is 0 Å². The van der Waals surface area contributed by atoms with Gasteiger partial charge in [-0.05, 0) is 26.2 Å². The van der Waals surface area contributed by atoms with Crippen molar-refractivity contribution in [2.24, 2.45) is 5.92 Å². The number of hydrogen-bond donors (Lipinski definition) is 2. The molecule has 0 bridgehead atoms. The van der Waals surface area contributed by atoms with Gasteiger partial charge in [-0.3, -0.25) is 9.48 Å². The molecule has 0 unspecified atom stereocenters. The van der Waals surface area contributed by atoms with E-state index in [9.17, 15) is 4.79 Å². The van der Waals surface area contributed by atoms with Crippen molar-refractivity contribution in [3.63, 3.8) is 0 Å². The van der Waals surface area contributed by atoms with Crippen LogP contribution in [-0.4, -0.2) is 22.2 Å². The van der Waals surface area contributed by atoms with Crippen molar-refractivity contribution in [2.45, 2.75) is 66.3 Å². The molecule has 0 spiro atoms. The average Bonchev–Trinajstić information content (AvgIpc) is 2.72. The molecule has 0 saturated carbocycles. The smallest absolute Gasteiger partial charge is 0.271 e. The van der Waals surface area contributed by atoms with Crippen LogP contribution in [0.2, 0.25) is 0 Å². The third kappa shape index (κ3) is 5.40. The maximum atomic E-state index is 12.2. The lowest BCUT2D eigenvalue weighted by atomic mass is 10.0. The van der Waals surface area contributed by atoms with Crippen molar-refractivity contribution in [1.82, 2.24) is 15.1 Å². The summed E-state index contributed by atoms with van der Waals surface area (Å²) >= 11 is 0. The van der Waals surface area contributed by atoms with Crippen LogP contribution in [0.15, 0.2) is 0 Å². The van der Waals surface area contributed by atoms with Crippen LogP contribution < -0.4 is 11.1 Å². The molecule has 0 aliphatic rings. The van der Waals surface area contributed by atoms with E-state index in [1.54, 1.807) is 4.68 Å². The minimum absolute atomic E-state index is 0.114. The third-order valence-corrected chi connectivity index (χ3v) is 3.68. The zero-order chi connectivity index (χ0) is 15.8. The lowest BCUT2D eigenvalue weighted by Gasteiger charge is -2.08. The number of aromatic nitrogens is 2. The topological polar surface area (TPSA) is 72.9 Å². The largest absolute Gasteiger partial charge is 0.395 e. The first kappa shape index (κ1) is 17.5. The van der Waals surface area contributed by atoms with Gasteiger partial charge in [0.2, 0.25) is 0 Å². The van der Waals surface area contributed by atoms with Crippen molar-refractivity contribution < 1.29 is 4.79 Å². The van der Waals surface area contributed by atoms with Gasteiger partial charge in [0, 0.05) is 13.1 Å². The standard InChI is InChI=1S/C16H30N4O/c1-5-20-15(14(17)13(4)19-20)16(21)18-11-9-7-6-8-10-12(2)3/h12H,5-11,17H2,1-4H3,(H,18,21). The van der Waals surface area contributed by atoms with E-state index >= 15 is 0 Å². The Balaban J connectivity index is 2.31. The monoisotopic (exact) mass is 294 g/mol. The first-order valence-electron chi connectivity index (χ1n) is 8.08. The van der Waals surface area contributed by atoms with Crippen molar-refractivity contribution >= 4 is 11.6 Å². The molecule has 1 heterocycles. The number of nitrogens with one attached hydrogen (secondary N) is 1. The summed E-state index contributed by atoms with van der Waals surface area (Å²) in [6.07, 6.45) is 5.98. The van der Waals surface area contributed by atoms with Crippen LogP contribution in [0.4, 0.5) is 5.69 Å². The van der Waals surface area contributed by atoms with E-state index in [4.69, 9.17) is 5.73 Å². The maximum Gasteiger partial charge on any atom is 0.271 e. The highest BCUT2D eigenvalue weighted by molar-refractivity contribution is 5.97. The fraction of sp³-hybridized carbons (Fsp3) is 0.750. The molecule has 1 aromatic heterocycles. The Hall–Kier alpha value is -1.52. The summed E-state index contributed by atoms with van der Waals surface area (Å²) < 4.78 is 1.67. The fourth-order valence-electron chi connectivity index (χ4n) is 2.38. The Kier molecular flexibility index (Phi) is 7.26. The molecule has 21 heavy (non-hydrogen) atoms. The average molecular weight is 294 g/mol. The van der Waals surface area contributed by atoms with Gasteiger partial charge in [-0.15, -0.1) is 0 Å². The Labute approximate surface area is 128 Å². The maximum absolute atomic E-state index is 12.2. The molecule has 1 rings (SSSR count). The molecule has 1 amide bonds. The highest BCUT2D eigenvalue weighted by atomic mass is 16.2. The number of nitrogens with zero attached hydrogens (tertiary/aromatic N) is 2. The van der Waals surface area contributed by atoms with Crippen LogP contribution in [0, 0.1) is 12.8 Å². The molecule has 0 atom stereocenters. The normalized spacial score (nSPS) is 11.1. The van der Waals surface area contributed by atoms with Gasteiger partial charge in [-0.1, -0.05) is 39.5 Å². The van der Waals surface area contributed by atoms with Gasteiger partial charge < -0.3 is 11.1 Å². The number of nitrogens with two attached hydrogens (primary N) is 1. The molecule has 5 heteroatoms. The lowest BCUT2D eigenvalue weighted by molar-refractivity contribution is 0.0943. The van der Waals surface area contributed by atoms with E-state index < -0.39 is 0 Å². The summed E-state index contributed by atoms with van der Waals surface area (Å²) in [6.45, 7) is 9.64. The highest BCUT2D eigenvalue weighted by Crippen LogP contribution is 2.16. The molecule has 0 fully saturated rings. The molecule has 120 valence electrons. The first-order chi connectivity index (χ1) is 9.97. The second-order valence-corrected chi connectivity index (χ2v) is 6.02. The Bertz CT molecular complexity index is 451.